The Hall–Kier alpha value is -19.6. The molecule has 13 nitrogen and oxygen atoms in total. The Morgan fingerprint density at radius 1 is 0.132 bits per heavy atom. The largest absolute Gasteiger partial charge is 0.307 e. The molecule has 0 aliphatic carbocycles. The van der Waals surface area contributed by atoms with Crippen LogP contribution in [0.4, 0.5) is 0 Å². The van der Waals surface area contributed by atoms with E-state index >= 15 is 0 Å². The van der Waals surface area contributed by atoms with Crippen LogP contribution in [0.15, 0.2) is 468 Å². The maximum absolute atomic E-state index is 5.12. The molecule has 0 bridgehead atoms. The first kappa shape index (κ1) is 79.4. The van der Waals surface area contributed by atoms with E-state index in [-0.39, 0.29) is 0 Å². The standard InChI is InChI=1S/2C44H26N4.C43H25N5/c1-2-13-27(14-3-1)47-35-22-8-7-18-33(35)40-42-34(21-12-26-46-42)38-32-17-6-9-23-36(32)48(43(38)44(40)47)37-24-10-19-30-28-15-4-5-16-29(28)31-20-11-25-45-41(31)39(30)37;1-2-13-27(14-3-1)47-35-22-8-6-17-32(35)38-34-21-12-26-46-42(34)40-33-18-7-9-23-36(33)48(44(40)43(38)47)37-24-10-19-30-28-15-4-5-16-29(28)31-20-11-25-45-41(31)39(30)37;1-2-12-26(13-3-1)47-34-20-8-6-16-31(34)37-33-24-44-25-46-41(33)39-32-17-7-9-21-35(32)48(43(39)42(37)47)36-22-10-18-29-27-14-4-5-15-28(27)30-19-11-23-45-40(30)38(29)36/h2*1-26H;1-25H. The highest BCUT2D eigenvalue weighted by Crippen LogP contribution is 2.54. The zero-order valence-electron chi connectivity index (χ0n) is 77.3. The summed E-state index contributed by atoms with van der Waals surface area (Å²) < 4.78 is 14.8. The third-order valence-electron chi connectivity index (χ3n) is 30.3. The van der Waals surface area contributed by atoms with Crippen LogP contribution in [-0.2, 0) is 0 Å². The maximum atomic E-state index is 5.12. The van der Waals surface area contributed by atoms with Gasteiger partial charge in [0.2, 0.25) is 0 Å². The van der Waals surface area contributed by atoms with Crippen molar-refractivity contribution >= 4 is 261 Å². The first-order valence-corrected chi connectivity index (χ1v) is 48.9. The molecule has 33 rings (SSSR count). The number of nitrogens with zero attached hydrogens (tertiary/aromatic N) is 13. The summed E-state index contributed by atoms with van der Waals surface area (Å²) >= 11 is 0. The van der Waals surface area contributed by atoms with Gasteiger partial charge in [0, 0.05) is 167 Å². The summed E-state index contributed by atoms with van der Waals surface area (Å²) in [5.74, 6) is 0. The number of rotatable bonds is 6. The minimum atomic E-state index is 0.951. The lowest BCUT2D eigenvalue weighted by molar-refractivity contribution is 1.16. The van der Waals surface area contributed by atoms with E-state index < -0.39 is 0 Å². The molecule has 0 saturated carbocycles. The highest BCUT2D eigenvalue weighted by atomic mass is 15.1. The second-order valence-corrected chi connectivity index (χ2v) is 37.5. The number of pyridine rings is 5. The fraction of sp³-hybridized carbons (Fsp3) is 0. The molecule has 0 N–H and O–H groups in total. The Bertz CT molecular complexity index is 10200. The van der Waals surface area contributed by atoms with E-state index in [1.165, 1.54) is 97.2 Å². The molecule has 666 valence electrons. The molecule has 0 fully saturated rings. The highest BCUT2D eigenvalue weighted by Gasteiger charge is 2.33. The first-order chi connectivity index (χ1) is 71.6. The Kier molecular flexibility index (Phi) is 17.1. The van der Waals surface area contributed by atoms with Gasteiger partial charge in [-0.1, -0.05) is 303 Å². The van der Waals surface area contributed by atoms with Gasteiger partial charge in [-0.15, -0.1) is 0 Å². The van der Waals surface area contributed by atoms with Gasteiger partial charge in [0.1, 0.15) is 6.33 Å². The lowest BCUT2D eigenvalue weighted by Crippen LogP contribution is -2.00. The first-order valence-electron chi connectivity index (χ1n) is 48.9. The van der Waals surface area contributed by atoms with E-state index in [2.05, 4.69) is 439 Å². The molecule has 13 heteroatoms. The summed E-state index contributed by atoms with van der Waals surface area (Å²) in [4.78, 5) is 35.0. The molecule has 0 saturated heterocycles. The van der Waals surface area contributed by atoms with Crippen LogP contribution in [0.2, 0.25) is 0 Å². The Labute approximate surface area is 819 Å². The van der Waals surface area contributed by atoms with Gasteiger partial charge in [0.05, 0.1) is 116 Å². The summed E-state index contributed by atoms with van der Waals surface area (Å²) in [6, 6.07) is 152. The lowest BCUT2D eigenvalue weighted by Gasteiger charge is -2.17. The second kappa shape index (κ2) is 30.9. The molecule has 0 aliphatic rings. The molecule has 0 amide bonds. The third-order valence-corrected chi connectivity index (χ3v) is 30.3. The van der Waals surface area contributed by atoms with Gasteiger partial charge in [-0.25, -0.2) is 9.97 Å². The average molecular weight is 1830 g/mol. The fourth-order valence-electron chi connectivity index (χ4n) is 24.9. The van der Waals surface area contributed by atoms with Gasteiger partial charge in [0.25, 0.3) is 0 Å². The molecular weight excluding hydrogens is 1760 g/mol. The van der Waals surface area contributed by atoms with Crippen LogP contribution >= 0.6 is 0 Å². The quantitative estimate of drug-likeness (QED) is 0.152. The van der Waals surface area contributed by atoms with E-state index in [0.29, 0.717) is 0 Å². The zero-order valence-corrected chi connectivity index (χ0v) is 77.3. The van der Waals surface area contributed by atoms with Gasteiger partial charge in [-0.3, -0.25) is 24.9 Å². The predicted octanol–water partition coefficient (Wildman–Crippen LogP) is 33.2. The van der Waals surface area contributed by atoms with Gasteiger partial charge >= 0.3 is 0 Å². The van der Waals surface area contributed by atoms with Crippen molar-refractivity contribution in [2.75, 3.05) is 0 Å². The number of benzene rings is 21. The predicted molar refractivity (Wildman–Crippen MR) is 600 cm³/mol. The lowest BCUT2D eigenvalue weighted by atomic mass is 9.96. The van der Waals surface area contributed by atoms with E-state index in [1.807, 2.05) is 55.4 Å². The van der Waals surface area contributed by atoms with Gasteiger partial charge in [-0.05, 0) is 170 Å². The molecule has 144 heavy (non-hydrogen) atoms. The normalized spacial score (nSPS) is 12.2. The summed E-state index contributed by atoms with van der Waals surface area (Å²) in [7, 11) is 0. The van der Waals surface area contributed by atoms with Crippen molar-refractivity contribution in [1.29, 1.82) is 0 Å². The summed E-state index contributed by atoms with van der Waals surface area (Å²) in [5.41, 5.74) is 26.4. The Morgan fingerprint density at radius 2 is 0.340 bits per heavy atom. The fourth-order valence-corrected chi connectivity index (χ4v) is 24.9. The SMILES string of the molecule is c1ccc(-n2c3ccccc3c3c4cccnc4c4c5ccccc5n(-c5cccc6c7ccccc7c7cccnc7c56)c4c32)cc1.c1ccc(-n2c3ccccc3c3c4cncnc4c4c5ccccc5n(-c5cccc6c7ccccc7c7cccnc7c56)c4c32)cc1.c1ccc(-n2c3ccccc3c3c4ncccc4c4c5ccccc5n(-c5cccc6c7ccccc7c7cccnc7c56)c4c32)cc1. The smallest absolute Gasteiger partial charge is 0.116 e. The molecule has 0 atom stereocenters. The zero-order chi connectivity index (χ0) is 94.0. The number of aromatic nitrogens is 13. The number of hydrogen-bond acceptors (Lipinski definition) is 7. The summed E-state index contributed by atoms with van der Waals surface area (Å²) in [6.45, 7) is 0. The molecule has 12 aromatic heterocycles. The maximum Gasteiger partial charge on any atom is 0.116 e. The second-order valence-electron chi connectivity index (χ2n) is 37.5. The van der Waals surface area contributed by atoms with E-state index in [1.54, 1.807) is 6.33 Å². The monoisotopic (exact) mass is 1830 g/mol. The van der Waals surface area contributed by atoms with Crippen molar-refractivity contribution < 1.29 is 0 Å². The van der Waals surface area contributed by atoms with E-state index in [9.17, 15) is 0 Å². The van der Waals surface area contributed by atoms with Gasteiger partial charge in [0.15, 0.2) is 0 Å². The van der Waals surface area contributed by atoms with Crippen LogP contribution < -0.4 is 0 Å². The molecule has 0 aliphatic heterocycles. The molecule has 0 spiro atoms. The van der Waals surface area contributed by atoms with E-state index in [0.717, 1.165) is 198 Å². The molecule has 0 unspecified atom stereocenters. The van der Waals surface area contributed by atoms with Crippen molar-refractivity contribution in [1.82, 2.24) is 62.3 Å². The molecule has 12 heterocycles. The van der Waals surface area contributed by atoms with Crippen LogP contribution in [0.3, 0.4) is 0 Å². The van der Waals surface area contributed by atoms with Crippen molar-refractivity contribution in [3.63, 3.8) is 0 Å². The number of hydrogen-bond donors (Lipinski definition) is 0. The Balaban J connectivity index is 0.0000000986. The average Bonchev–Trinajstić information content (AvgIpc) is 1.53. The van der Waals surface area contributed by atoms with Crippen molar-refractivity contribution in [3.8, 4) is 34.1 Å². The van der Waals surface area contributed by atoms with Crippen molar-refractivity contribution in [2.24, 2.45) is 0 Å². The molecule has 21 aromatic carbocycles. The minimum absolute atomic E-state index is 0.951. The van der Waals surface area contributed by atoms with Gasteiger partial charge < -0.3 is 27.4 Å². The third kappa shape index (κ3) is 11.1. The summed E-state index contributed by atoms with van der Waals surface area (Å²) in [5, 5.41) is 35.2. The minimum Gasteiger partial charge on any atom is -0.307 e. The van der Waals surface area contributed by atoms with Crippen molar-refractivity contribution in [2.45, 2.75) is 0 Å². The molecule has 0 radical (unpaired) electrons. The number of fused-ring (bicyclic) bond motifs is 48. The molecule has 33 aromatic rings. The van der Waals surface area contributed by atoms with Crippen molar-refractivity contribution in [3.05, 3.63) is 468 Å². The topological polar surface area (TPSA) is 120 Å². The van der Waals surface area contributed by atoms with E-state index in [4.69, 9.17) is 29.9 Å². The van der Waals surface area contributed by atoms with Gasteiger partial charge in [-0.2, -0.15) is 0 Å². The highest BCUT2D eigenvalue weighted by molar-refractivity contribution is 6.41. The molecular formula is C131H77N13. The van der Waals surface area contributed by atoms with Crippen LogP contribution in [0.5, 0.6) is 0 Å². The van der Waals surface area contributed by atoms with Crippen LogP contribution in [-0.4, -0.2) is 62.3 Å². The van der Waals surface area contributed by atoms with Crippen LogP contribution in [0.25, 0.3) is 295 Å². The number of para-hydroxylation sites is 9. The van der Waals surface area contributed by atoms with Crippen LogP contribution in [0, 0.1) is 0 Å². The van der Waals surface area contributed by atoms with Crippen LogP contribution in [0.1, 0.15) is 0 Å². The summed E-state index contributed by atoms with van der Waals surface area (Å²) in [6.07, 6.45) is 13.3. The Morgan fingerprint density at radius 3 is 0.653 bits per heavy atom.